The Hall–Kier alpha value is -0.960. The van der Waals surface area contributed by atoms with Crippen molar-refractivity contribution in [3.05, 3.63) is 36.4 Å². The van der Waals surface area contributed by atoms with Gasteiger partial charge in [-0.3, -0.25) is 4.79 Å². The number of thioether (sulfide) groups is 1. The molecule has 0 saturated heterocycles. The fraction of sp³-hybridized carbons (Fsp3) is 0.588. The topological polar surface area (TPSA) is 20.3 Å². The Morgan fingerprint density at radius 3 is 2.60 bits per heavy atom. The molecule has 2 rings (SSSR count). The highest BCUT2D eigenvalue weighted by Crippen LogP contribution is 2.54. The predicted molar refractivity (Wildman–Crippen MR) is 87.3 cm³/mol. The molecule has 2 atom stereocenters. The van der Waals surface area contributed by atoms with Gasteiger partial charge in [0.25, 0.3) is 0 Å². The molecule has 0 N–H and O–H groups in total. The van der Waals surface area contributed by atoms with Crippen LogP contribution in [0.5, 0.6) is 0 Å². The van der Waals surface area contributed by atoms with E-state index in [4.69, 9.17) is 0 Å². The lowest BCUT2D eigenvalue weighted by molar-refractivity contribution is -0.140. The molecular formula is C17H25NOS. The van der Waals surface area contributed by atoms with Crippen LogP contribution in [0.25, 0.3) is 0 Å². The van der Waals surface area contributed by atoms with E-state index in [1.54, 1.807) is 11.8 Å². The molecule has 2 aliphatic heterocycles. The van der Waals surface area contributed by atoms with Crippen molar-refractivity contribution in [3.8, 4) is 0 Å². The van der Waals surface area contributed by atoms with E-state index in [9.17, 15) is 4.79 Å². The van der Waals surface area contributed by atoms with E-state index in [1.165, 1.54) is 0 Å². The Balaban J connectivity index is 2.58. The Bertz CT molecular complexity index is 484. The van der Waals surface area contributed by atoms with Crippen LogP contribution < -0.4 is 0 Å². The summed E-state index contributed by atoms with van der Waals surface area (Å²) in [6.45, 7) is 14.5. The van der Waals surface area contributed by atoms with Crippen LogP contribution in [0.2, 0.25) is 0 Å². The Labute approximate surface area is 127 Å². The van der Waals surface area contributed by atoms with Gasteiger partial charge in [0.15, 0.2) is 0 Å². The highest BCUT2D eigenvalue weighted by atomic mass is 32.2. The first-order valence-corrected chi connectivity index (χ1v) is 8.07. The summed E-state index contributed by atoms with van der Waals surface area (Å²) >= 11 is 1.77. The molecular weight excluding hydrogens is 266 g/mol. The van der Waals surface area contributed by atoms with Crippen molar-refractivity contribution in [2.24, 2.45) is 10.8 Å². The standard InChI is InChI=1S/C17H25NOS/c1-7-8-17-10-12-20-13(17)16(5,6)9-11-18(14(17)19)15(2,3)4/h7,9-13H,1,8H2,2-6H3/t13-,17-/m1/s1. The smallest absolute Gasteiger partial charge is 0.238 e. The molecule has 1 amide bonds. The maximum Gasteiger partial charge on any atom is 0.238 e. The van der Waals surface area contributed by atoms with Crippen LogP contribution in [0.4, 0.5) is 0 Å². The Morgan fingerprint density at radius 1 is 1.40 bits per heavy atom. The van der Waals surface area contributed by atoms with E-state index in [0.717, 1.165) is 0 Å². The maximum atomic E-state index is 13.2. The minimum Gasteiger partial charge on any atom is -0.313 e. The first-order chi connectivity index (χ1) is 9.15. The van der Waals surface area contributed by atoms with Gasteiger partial charge in [-0.05, 0) is 38.0 Å². The second-order valence-electron chi connectivity index (χ2n) is 7.34. The normalized spacial score (nSPS) is 32.1. The van der Waals surface area contributed by atoms with Crippen molar-refractivity contribution < 1.29 is 4.79 Å². The predicted octanol–water partition coefficient (Wildman–Crippen LogP) is 4.36. The van der Waals surface area contributed by atoms with Gasteiger partial charge in [0.05, 0.1) is 5.41 Å². The molecule has 20 heavy (non-hydrogen) atoms. The lowest BCUT2D eigenvalue weighted by atomic mass is 9.70. The molecule has 0 radical (unpaired) electrons. The van der Waals surface area contributed by atoms with Crippen LogP contribution in [0.3, 0.4) is 0 Å². The molecule has 0 aliphatic carbocycles. The Morgan fingerprint density at radius 2 is 2.05 bits per heavy atom. The van der Waals surface area contributed by atoms with E-state index >= 15 is 0 Å². The van der Waals surface area contributed by atoms with Crippen molar-refractivity contribution in [2.75, 3.05) is 0 Å². The van der Waals surface area contributed by atoms with Crippen LogP contribution in [-0.4, -0.2) is 21.6 Å². The van der Waals surface area contributed by atoms with E-state index in [1.807, 2.05) is 17.2 Å². The molecule has 2 nitrogen and oxygen atoms in total. The third-order valence-electron chi connectivity index (χ3n) is 4.20. The van der Waals surface area contributed by atoms with Gasteiger partial charge in [-0.25, -0.2) is 0 Å². The number of hydrogen-bond acceptors (Lipinski definition) is 2. The largest absolute Gasteiger partial charge is 0.313 e. The molecule has 110 valence electrons. The quantitative estimate of drug-likeness (QED) is 0.705. The van der Waals surface area contributed by atoms with Crippen LogP contribution in [-0.2, 0) is 4.79 Å². The maximum absolute atomic E-state index is 13.2. The van der Waals surface area contributed by atoms with Crippen molar-refractivity contribution in [3.63, 3.8) is 0 Å². The lowest BCUT2D eigenvalue weighted by Gasteiger charge is -2.42. The summed E-state index contributed by atoms with van der Waals surface area (Å²) in [6.07, 6.45) is 8.84. The molecule has 0 spiro atoms. The van der Waals surface area contributed by atoms with Gasteiger partial charge in [-0.2, -0.15) is 0 Å². The van der Waals surface area contributed by atoms with Gasteiger partial charge < -0.3 is 4.90 Å². The summed E-state index contributed by atoms with van der Waals surface area (Å²) in [5.74, 6) is 0.193. The van der Waals surface area contributed by atoms with E-state index in [2.05, 4.69) is 58.8 Å². The van der Waals surface area contributed by atoms with Gasteiger partial charge in [0.1, 0.15) is 0 Å². The zero-order valence-electron chi connectivity index (χ0n) is 13.1. The molecule has 0 aromatic heterocycles. The second-order valence-corrected chi connectivity index (χ2v) is 8.35. The number of hydrogen-bond donors (Lipinski definition) is 0. The number of carbonyl (C=O) groups excluding carboxylic acids is 1. The van der Waals surface area contributed by atoms with Crippen molar-refractivity contribution in [1.82, 2.24) is 4.90 Å². The molecule has 0 aromatic rings. The highest BCUT2D eigenvalue weighted by Gasteiger charge is 2.55. The van der Waals surface area contributed by atoms with Gasteiger partial charge >= 0.3 is 0 Å². The fourth-order valence-corrected chi connectivity index (χ4v) is 4.57. The number of amides is 1. The Kier molecular flexibility index (Phi) is 3.70. The zero-order chi connectivity index (χ0) is 15.2. The highest BCUT2D eigenvalue weighted by molar-refractivity contribution is 8.03. The van der Waals surface area contributed by atoms with Gasteiger partial charge in [-0.1, -0.05) is 32.1 Å². The monoisotopic (exact) mass is 291 g/mol. The summed E-state index contributed by atoms with van der Waals surface area (Å²) in [5, 5.41) is 2.32. The van der Waals surface area contributed by atoms with E-state index in [0.29, 0.717) is 6.42 Å². The SMILES string of the molecule is C=CC[C@@]12C=CS[C@@H]1C(C)(C)C=CN(C(C)(C)C)C2=O. The summed E-state index contributed by atoms with van der Waals surface area (Å²) < 4.78 is 0. The van der Waals surface area contributed by atoms with Crippen molar-refractivity contribution >= 4 is 17.7 Å². The van der Waals surface area contributed by atoms with Crippen LogP contribution in [0.1, 0.15) is 41.0 Å². The molecule has 0 aromatic carbocycles. The van der Waals surface area contributed by atoms with Gasteiger partial charge in [0, 0.05) is 17.0 Å². The van der Waals surface area contributed by atoms with Gasteiger partial charge in [0.2, 0.25) is 5.91 Å². The molecule has 0 bridgehead atoms. The molecule has 0 saturated carbocycles. The fourth-order valence-electron chi connectivity index (χ4n) is 3.15. The van der Waals surface area contributed by atoms with Crippen LogP contribution in [0.15, 0.2) is 36.4 Å². The van der Waals surface area contributed by atoms with Crippen molar-refractivity contribution in [1.29, 1.82) is 0 Å². The summed E-state index contributed by atoms with van der Waals surface area (Å²) in [7, 11) is 0. The molecule has 3 heteroatoms. The molecule has 0 fully saturated rings. The van der Waals surface area contributed by atoms with Crippen LogP contribution in [0, 0.1) is 10.8 Å². The van der Waals surface area contributed by atoms with Gasteiger partial charge in [-0.15, -0.1) is 18.3 Å². The minimum atomic E-state index is -0.466. The number of allylic oxidation sites excluding steroid dienone is 2. The summed E-state index contributed by atoms with van der Waals surface area (Å²) in [5.41, 5.74) is -0.715. The molecule has 0 unspecified atom stereocenters. The second kappa shape index (κ2) is 4.80. The van der Waals surface area contributed by atoms with E-state index in [-0.39, 0.29) is 22.1 Å². The van der Waals surface area contributed by atoms with Crippen LogP contribution >= 0.6 is 11.8 Å². The first-order valence-electron chi connectivity index (χ1n) is 7.12. The minimum absolute atomic E-state index is 0.0349. The average Bonchev–Trinajstić information content (AvgIpc) is 2.70. The first kappa shape index (κ1) is 15.4. The molecule has 2 heterocycles. The summed E-state index contributed by atoms with van der Waals surface area (Å²) in [4.78, 5) is 15.1. The lowest BCUT2D eigenvalue weighted by Crippen LogP contribution is -2.52. The van der Waals surface area contributed by atoms with E-state index < -0.39 is 5.41 Å². The number of rotatable bonds is 2. The number of carbonyl (C=O) groups is 1. The third-order valence-corrected chi connectivity index (χ3v) is 5.79. The number of nitrogens with zero attached hydrogens (tertiary/aromatic N) is 1. The summed E-state index contributed by atoms with van der Waals surface area (Å²) in [6, 6.07) is 0. The van der Waals surface area contributed by atoms with Crippen molar-refractivity contribution in [2.45, 2.75) is 51.8 Å². The third kappa shape index (κ3) is 2.26. The zero-order valence-corrected chi connectivity index (χ0v) is 14.0. The number of fused-ring (bicyclic) bond motifs is 1. The molecule has 2 aliphatic rings. The average molecular weight is 291 g/mol.